The summed E-state index contributed by atoms with van der Waals surface area (Å²) in [6.45, 7) is 6.15. The molecule has 2 rings (SSSR count). The number of carbonyl (C=O) groups is 1. The number of nitrogens with zero attached hydrogens (tertiary/aromatic N) is 1. The minimum absolute atomic E-state index is 0.0215. The molecule has 0 radical (unpaired) electrons. The number of hydrogen-bond acceptors (Lipinski definition) is 2. The molecular formula is C10H15N3O. The van der Waals surface area contributed by atoms with Crippen LogP contribution in [0.3, 0.4) is 0 Å². The SMILES string of the molecule is Cc1[nH]ncc1C(=O)NC1CC1(C)C. The van der Waals surface area contributed by atoms with Gasteiger partial charge >= 0.3 is 0 Å². The molecule has 1 aromatic heterocycles. The van der Waals surface area contributed by atoms with Crippen LogP contribution in [-0.2, 0) is 0 Å². The third-order valence-corrected chi connectivity index (χ3v) is 2.89. The summed E-state index contributed by atoms with van der Waals surface area (Å²) in [7, 11) is 0. The summed E-state index contributed by atoms with van der Waals surface area (Å²) >= 11 is 0. The van der Waals surface area contributed by atoms with Gasteiger partial charge in [0.2, 0.25) is 0 Å². The fourth-order valence-corrected chi connectivity index (χ4v) is 1.53. The third kappa shape index (κ3) is 1.52. The molecule has 1 atom stereocenters. The molecule has 0 saturated heterocycles. The molecule has 2 N–H and O–H groups in total. The van der Waals surface area contributed by atoms with Crippen LogP contribution in [0.1, 0.15) is 36.3 Å². The van der Waals surface area contributed by atoms with Gasteiger partial charge in [-0.3, -0.25) is 9.89 Å². The summed E-state index contributed by atoms with van der Waals surface area (Å²) in [6.07, 6.45) is 2.63. The zero-order valence-corrected chi connectivity index (χ0v) is 8.72. The van der Waals surface area contributed by atoms with E-state index in [9.17, 15) is 4.79 Å². The van der Waals surface area contributed by atoms with Crippen molar-refractivity contribution in [3.05, 3.63) is 17.5 Å². The van der Waals surface area contributed by atoms with Gasteiger partial charge in [-0.05, 0) is 18.8 Å². The zero-order chi connectivity index (χ0) is 10.3. The van der Waals surface area contributed by atoms with Gasteiger partial charge in [0, 0.05) is 11.7 Å². The van der Waals surface area contributed by atoms with E-state index in [2.05, 4.69) is 29.4 Å². The summed E-state index contributed by atoms with van der Waals surface area (Å²) in [5, 5.41) is 9.56. The summed E-state index contributed by atoms with van der Waals surface area (Å²) in [5.74, 6) is -0.0215. The highest BCUT2D eigenvalue weighted by Crippen LogP contribution is 2.44. The summed E-state index contributed by atoms with van der Waals surface area (Å²) < 4.78 is 0. The first-order valence-corrected chi connectivity index (χ1v) is 4.81. The Hall–Kier alpha value is -1.32. The Kier molecular flexibility index (Phi) is 1.87. The number of rotatable bonds is 2. The lowest BCUT2D eigenvalue weighted by molar-refractivity contribution is 0.0946. The topological polar surface area (TPSA) is 57.8 Å². The molecule has 14 heavy (non-hydrogen) atoms. The minimum atomic E-state index is -0.0215. The quantitative estimate of drug-likeness (QED) is 0.742. The maximum absolute atomic E-state index is 11.7. The van der Waals surface area contributed by atoms with Gasteiger partial charge in [0.15, 0.2) is 0 Å². The molecular weight excluding hydrogens is 178 g/mol. The number of carbonyl (C=O) groups excluding carboxylic acids is 1. The lowest BCUT2D eigenvalue weighted by Gasteiger charge is -2.05. The van der Waals surface area contributed by atoms with Crippen molar-refractivity contribution in [3.8, 4) is 0 Å². The van der Waals surface area contributed by atoms with Crippen molar-refractivity contribution in [3.63, 3.8) is 0 Å². The van der Waals surface area contributed by atoms with Crippen LogP contribution in [0.25, 0.3) is 0 Å². The van der Waals surface area contributed by atoms with Crippen LogP contribution in [0, 0.1) is 12.3 Å². The van der Waals surface area contributed by atoms with Crippen LogP contribution < -0.4 is 5.32 Å². The van der Waals surface area contributed by atoms with Crippen molar-refractivity contribution in [1.29, 1.82) is 0 Å². The third-order valence-electron chi connectivity index (χ3n) is 2.89. The van der Waals surface area contributed by atoms with Gasteiger partial charge in [0.25, 0.3) is 5.91 Å². The van der Waals surface area contributed by atoms with Crippen molar-refractivity contribution in [2.24, 2.45) is 5.41 Å². The lowest BCUT2D eigenvalue weighted by Crippen LogP contribution is -2.28. The molecule has 0 spiro atoms. The second-order valence-corrected chi connectivity index (χ2v) is 4.63. The average Bonchev–Trinajstić information content (AvgIpc) is 2.53. The first kappa shape index (κ1) is 9.24. The summed E-state index contributed by atoms with van der Waals surface area (Å²) in [6, 6.07) is 0.323. The van der Waals surface area contributed by atoms with E-state index in [0.29, 0.717) is 11.6 Å². The van der Waals surface area contributed by atoms with E-state index in [1.54, 1.807) is 6.20 Å². The van der Waals surface area contributed by atoms with E-state index >= 15 is 0 Å². The molecule has 1 heterocycles. The fraction of sp³-hybridized carbons (Fsp3) is 0.600. The predicted octanol–water partition coefficient (Wildman–Crippen LogP) is 1.25. The van der Waals surface area contributed by atoms with E-state index in [1.807, 2.05) is 6.92 Å². The Morgan fingerprint density at radius 2 is 2.36 bits per heavy atom. The Morgan fingerprint density at radius 1 is 1.71 bits per heavy atom. The molecule has 1 aromatic rings. The lowest BCUT2D eigenvalue weighted by atomic mass is 10.2. The minimum Gasteiger partial charge on any atom is -0.349 e. The second kappa shape index (κ2) is 2.83. The van der Waals surface area contributed by atoms with E-state index in [1.165, 1.54) is 0 Å². The second-order valence-electron chi connectivity index (χ2n) is 4.63. The molecule has 1 fully saturated rings. The maximum Gasteiger partial charge on any atom is 0.254 e. The monoisotopic (exact) mass is 193 g/mol. The fourth-order valence-electron chi connectivity index (χ4n) is 1.53. The highest BCUT2D eigenvalue weighted by molar-refractivity contribution is 5.95. The molecule has 0 bridgehead atoms. The molecule has 76 valence electrons. The Labute approximate surface area is 83.1 Å². The normalized spacial score (nSPS) is 23.2. The van der Waals surface area contributed by atoms with Gasteiger partial charge in [0.1, 0.15) is 0 Å². The van der Waals surface area contributed by atoms with Gasteiger partial charge in [-0.25, -0.2) is 0 Å². The number of aryl methyl sites for hydroxylation is 1. The van der Waals surface area contributed by atoms with E-state index < -0.39 is 0 Å². The first-order valence-electron chi connectivity index (χ1n) is 4.81. The molecule has 0 aromatic carbocycles. The Balaban J connectivity index is 2.01. The Morgan fingerprint density at radius 3 is 2.79 bits per heavy atom. The Bertz CT molecular complexity index is 367. The van der Waals surface area contributed by atoms with Crippen molar-refractivity contribution in [2.45, 2.75) is 33.2 Å². The van der Waals surface area contributed by atoms with Crippen LogP contribution in [-0.4, -0.2) is 22.1 Å². The largest absolute Gasteiger partial charge is 0.349 e. The number of aromatic nitrogens is 2. The van der Waals surface area contributed by atoms with Crippen LogP contribution in [0.5, 0.6) is 0 Å². The van der Waals surface area contributed by atoms with Crippen LogP contribution in [0.15, 0.2) is 6.20 Å². The van der Waals surface area contributed by atoms with Gasteiger partial charge < -0.3 is 5.32 Å². The average molecular weight is 193 g/mol. The molecule has 1 aliphatic carbocycles. The van der Waals surface area contributed by atoms with Gasteiger partial charge in [-0.1, -0.05) is 13.8 Å². The maximum atomic E-state index is 11.7. The van der Waals surface area contributed by atoms with Gasteiger partial charge in [-0.2, -0.15) is 5.10 Å². The number of aromatic amines is 1. The van der Waals surface area contributed by atoms with Gasteiger partial charge in [0.05, 0.1) is 11.8 Å². The molecule has 1 amide bonds. The molecule has 1 saturated carbocycles. The first-order chi connectivity index (χ1) is 6.50. The number of hydrogen-bond donors (Lipinski definition) is 2. The molecule has 1 aliphatic rings. The highest BCUT2D eigenvalue weighted by Gasteiger charge is 2.46. The molecule has 4 nitrogen and oxygen atoms in total. The summed E-state index contributed by atoms with van der Waals surface area (Å²) in [5.41, 5.74) is 1.74. The number of amides is 1. The van der Waals surface area contributed by atoms with Crippen LogP contribution in [0.4, 0.5) is 0 Å². The van der Waals surface area contributed by atoms with Crippen LogP contribution in [0.2, 0.25) is 0 Å². The number of nitrogens with one attached hydrogen (secondary N) is 2. The van der Waals surface area contributed by atoms with E-state index in [0.717, 1.165) is 12.1 Å². The van der Waals surface area contributed by atoms with E-state index in [4.69, 9.17) is 0 Å². The number of H-pyrrole nitrogens is 1. The zero-order valence-electron chi connectivity index (χ0n) is 8.72. The standard InChI is InChI=1S/C10H15N3O/c1-6-7(5-11-13-6)9(14)12-8-4-10(8,2)3/h5,8H,4H2,1-3H3,(H,11,13)(H,12,14). The molecule has 0 aliphatic heterocycles. The molecule has 4 heteroatoms. The highest BCUT2D eigenvalue weighted by atomic mass is 16.1. The summed E-state index contributed by atoms with van der Waals surface area (Å²) in [4.78, 5) is 11.7. The van der Waals surface area contributed by atoms with Crippen molar-refractivity contribution < 1.29 is 4.79 Å². The van der Waals surface area contributed by atoms with Crippen molar-refractivity contribution in [2.75, 3.05) is 0 Å². The van der Waals surface area contributed by atoms with Gasteiger partial charge in [-0.15, -0.1) is 0 Å². The predicted molar refractivity (Wildman–Crippen MR) is 53.0 cm³/mol. The van der Waals surface area contributed by atoms with Crippen molar-refractivity contribution >= 4 is 5.91 Å². The molecule has 1 unspecified atom stereocenters. The van der Waals surface area contributed by atoms with Crippen LogP contribution >= 0.6 is 0 Å². The smallest absolute Gasteiger partial charge is 0.254 e. The van der Waals surface area contributed by atoms with E-state index in [-0.39, 0.29) is 11.3 Å². The van der Waals surface area contributed by atoms with Crippen molar-refractivity contribution in [1.82, 2.24) is 15.5 Å².